The third-order valence-corrected chi connectivity index (χ3v) is 4.82. The van der Waals surface area contributed by atoms with Gasteiger partial charge in [0.15, 0.2) is 0 Å². The summed E-state index contributed by atoms with van der Waals surface area (Å²) in [5, 5.41) is 4.10. The van der Waals surface area contributed by atoms with Crippen molar-refractivity contribution in [3.63, 3.8) is 0 Å². The molecule has 0 saturated heterocycles. The number of hydrogen-bond donors (Lipinski definition) is 1. The van der Waals surface area contributed by atoms with E-state index in [0.717, 1.165) is 18.0 Å². The lowest BCUT2D eigenvalue weighted by atomic mass is 9.75. The topological polar surface area (TPSA) is 12.0 Å². The maximum atomic E-state index is 14.2. The van der Waals surface area contributed by atoms with E-state index in [4.69, 9.17) is 11.6 Å². The summed E-state index contributed by atoms with van der Waals surface area (Å²) < 4.78 is 14.2. The minimum atomic E-state index is -0.140. The highest BCUT2D eigenvalue weighted by Gasteiger charge is 2.29. The van der Waals surface area contributed by atoms with Crippen LogP contribution in [0.1, 0.15) is 57.6 Å². The van der Waals surface area contributed by atoms with E-state index in [0.29, 0.717) is 10.9 Å². The molecule has 20 heavy (non-hydrogen) atoms. The van der Waals surface area contributed by atoms with Crippen LogP contribution in [0.3, 0.4) is 0 Å². The molecule has 112 valence electrons. The van der Waals surface area contributed by atoms with Gasteiger partial charge in [-0.1, -0.05) is 44.7 Å². The molecule has 0 bridgehead atoms. The van der Waals surface area contributed by atoms with Crippen LogP contribution < -0.4 is 5.32 Å². The zero-order valence-corrected chi connectivity index (χ0v) is 13.2. The molecular formula is C17H25ClFN. The van der Waals surface area contributed by atoms with E-state index in [1.807, 2.05) is 0 Å². The summed E-state index contributed by atoms with van der Waals surface area (Å²) in [5.74, 6) is 1.16. The Balaban J connectivity index is 2.23. The highest BCUT2D eigenvalue weighted by molar-refractivity contribution is 6.30. The van der Waals surface area contributed by atoms with Crippen molar-refractivity contribution in [2.45, 2.75) is 52.0 Å². The molecule has 0 aromatic heterocycles. The first-order chi connectivity index (χ1) is 9.65. The van der Waals surface area contributed by atoms with Crippen molar-refractivity contribution >= 4 is 11.6 Å². The molecule has 1 aromatic rings. The molecule has 0 spiro atoms. The Kier molecular flexibility index (Phi) is 5.86. The first-order valence-corrected chi connectivity index (χ1v) is 8.21. The molecule has 0 radical (unpaired) electrons. The van der Waals surface area contributed by atoms with Gasteiger partial charge >= 0.3 is 0 Å². The minimum absolute atomic E-state index is 0.0908. The van der Waals surface area contributed by atoms with Crippen molar-refractivity contribution in [3.8, 4) is 0 Å². The van der Waals surface area contributed by atoms with Crippen molar-refractivity contribution in [1.29, 1.82) is 0 Å². The van der Waals surface area contributed by atoms with Gasteiger partial charge in [-0.25, -0.2) is 4.39 Å². The molecule has 1 aliphatic carbocycles. The highest BCUT2D eigenvalue weighted by Crippen LogP contribution is 2.39. The van der Waals surface area contributed by atoms with Crippen LogP contribution in [0.15, 0.2) is 18.2 Å². The lowest BCUT2D eigenvalue weighted by Gasteiger charge is -2.35. The van der Waals surface area contributed by atoms with Crippen LogP contribution in [-0.2, 0) is 0 Å². The van der Waals surface area contributed by atoms with Crippen molar-refractivity contribution in [1.82, 2.24) is 5.32 Å². The molecule has 0 amide bonds. The second-order valence-corrected chi connectivity index (χ2v) is 6.34. The van der Waals surface area contributed by atoms with E-state index in [1.54, 1.807) is 12.1 Å². The average molecular weight is 298 g/mol. The maximum absolute atomic E-state index is 14.2. The molecule has 0 heterocycles. The normalized spacial score (nSPS) is 24.6. The van der Waals surface area contributed by atoms with E-state index in [-0.39, 0.29) is 11.9 Å². The summed E-state index contributed by atoms with van der Waals surface area (Å²) in [6, 6.07) is 4.99. The maximum Gasteiger partial charge on any atom is 0.128 e. The van der Waals surface area contributed by atoms with Gasteiger partial charge < -0.3 is 5.32 Å². The monoisotopic (exact) mass is 297 g/mol. The van der Waals surface area contributed by atoms with E-state index < -0.39 is 0 Å². The molecule has 2 rings (SSSR count). The van der Waals surface area contributed by atoms with Gasteiger partial charge in [0, 0.05) is 16.6 Å². The number of hydrogen-bond acceptors (Lipinski definition) is 1. The molecule has 3 unspecified atom stereocenters. The van der Waals surface area contributed by atoms with Crippen LogP contribution in [0.25, 0.3) is 0 Å². The second-order valence-electron chi connectivity index (χ2n) is 5.90. The van der Waals surface area contributed by atoms with Gasteiger partial charge in [0.05, 0.1) is 0 Å². The van der Waals surface area contributed by atoms with Crippen LogP contribution in [0.5, 0.6) is 0 Å². The molecule has 3 heteroatoms. The van der Waals surface area contributed by atoms with Gasteiger partial charge in [0.25, 0.3) is 0 Å². The Hall–Kier alpha value is -0.600. The first kappa shape index (κ1) is 15.8. The van der Waals surface area contributed by atoms with Crippen molar-refractivity contribution in [2.75, 3.05) is 6.54 Å². The van der Waals surface area contributed by atoms with Crippen LogP contribution in [0.2, 0.25) is 5.02 Å². The summed E-state index contributed by atoms with van der Waals surface area (Å²) in [4.78, 5) is 0. The van der Waals surface area contributed by atoms with Crippen LogP contribution in [0.4, 0.5) is 4.39 Å². The van der Waals surface area contributed by atoms with Crippen LogP contribution >= 0.6 is 11.6 Å². The fourth-order valence-corrected chi connectivity index (χ4v) is 3.69. The summed E-state index contributed by atoms with van der Waals surface area (Å²) in [6.45, 7) is 5.19. The summed E-state index contributed by atoms with van der Waals surface area (Å²) >= 11 is 6.06. The van der Waals surface area contributed by atoms with Crippen LogP contribution in [0, 0.1) is 17.7 Å². The summed E-state index contributed by atoms with van der Waals surface area (Å²) in [7, 11) is 0. The zero-order valence-electron chi connectivity index (χ0n) is 12.5. The number of benzene rings is 1. The Morgan fingerprint density at radius 1 is 1.35 bits per heavy atom. The highest BCUT2D eigenvalue weighted by atomic mass is 35.5. The molecular weight excluding hydrogens is 273 g/mol. The number of halogens is 2. The lowest BCUT2D eigenvalue weighted by molar-refractivity contribution is 0.208. The SMILES string of the molecule is CCNC(c1cc(Cl)ccc1F)C1CCCC(CC)C1. The Morgan fingerprint density at radius 3 is 2.85 bits per heavy atom. The lowest BCUT2D eigenvalue weighted by Crippen LogP contribution is -2.32. The molecule has 3 atom stereocenters. The van der Waals surface area contributed by atoms with Crippen molar-refractivity contribution in [2.24, 2.45) is 11.8 Å². The average Bonchev–Trinajstić information content (AvgIpc) is 2.47. The predicted octanol–water partition coefficient (Wildman–Crippen LogP) is 5.35. The molecule has 1 aromatic carbocycles. The van der Waals surface area contributed by atoms with Crippen molar-refractivity contribution < 1.29 is 4.39 Å². The fraction of sp³-hybridized carbons (Fsp3) is 0.647. The van der Waals surface area contributed by atoms with Crippen molar-refractivity contribution in [3.05, 3.63) is 34.6 Å². The van der Waals surface area contributed by atoms with Gasteiger partial charge in [-0.3, -0.25) is 0 Å². The smallest absolute Gasteiger partial charge is 0.128 e. The Bertz CT molecular complexity index is 435. The third kappa shape index (κ3) is 3.73. The van der Waals surface area contributed by atoms with Gasteiger partial charge in [-0.05, 0) is 49.4 Å². The van der Waals surface area contributed by atoms with Gasteiger partial charge in [0.2, 0.25) is 0 Å². The zero-order chi connectivity index (χ0) is 14.5. The quantitative estimate of drug-likeness (QED) is 0.773. The van der Waals surface area contributed by atoms with E-state index in [2.05, 4.69) is 19.2 Å². The molecule has 1 N–H and O–H groups in total. The molecule has 1 aliphatic rings. The van der Waals surface area contributed by atoms with E-state index >= 15 is 0 Å². The van der Waals surface area contributed by atoms with Crippen LogP contribution in [-0.4, -0.2) is 6.54 Å². The fourth-order valence-electron chi connectivity index (χ4n) is 3.51. The number of nitrogens with one attached hydrogen (secondary N) is 1. The van der Waals surface area contributed by atoms with E-state index in [9.17, 15) is 4.39 Å². The third-order valence-electron chi connectivity index (χ3n) is 4.59. The van der Waals surface area contributed by atoms with Gasteiger partial charge in [0.1, 0.15) is 5.82 Å². The Labute approximate surface area is 126 Å². The molecule has 1 fully saturated rings. The Morgan fingerprint density at radius 2 is 2.15 bits per heavy atom. The second kappa shape index (κ2) is 7.42. The molecule has 1 nitrogen and oxygen atoms in total. The van der Waals surface area contributed by atoms with Gasteiger partial charge in [-0.2, -0.15) is 0 Å². The molecule has 1 saturated carbocycles. The predicted molar refractivity (Wildman–Crippen MR) is 83.6 cm³/mol. The summed E-state index contributed by atoms with van der Waals surface area (Å²) in [6.07, 6.45) is 6.19. The van der Waals surface area contributed by atoms with E-state index in [1.165, 1.54) is 38.2 Å². The van der Waals surface area contributed by atoms with Gasteiger partial charge in [-0.15, -0.1) is 0 Å². The number of rotatable bonds is 5. The largest absolute Gasteiger partial charge is 0.310 e. The standard InChI is InChI=1S/C17H25ClFN/c1-3-12-6-5-7-13(10-12)17(20-4-2)15-11-14(18)8-9-16(15)19/h8-9,11-13,17,20H,3-7,10H2,1-2H3. The molecule has 0 aliphatic heterocycles. The summed E-state index contributed by atoms with van der Waals surface area (Å²) in [5.41, 5.74) is 0.737. The first-order valence-electron chi connectivity index (χ1n) is 7.84. The minimum Gasteiger partial charge on any atom is -0.310 e.